The molecular weight excluding hydrogens is 328 g/mol. The van der Waals surface area contributed by atoms with Gasteiger partial charge in [-0.05, 0) is 41.5 Å². The first-order valence-electron chi connectivity index (χ1n) is 8.47. The van der Waals surface area contributed by atoms with Crippen LogP contribution in [-0.2, 0) is 16.0 Å². The predicted octanol–water partition coefficient (Wildman–Crippen LogP) is 3.74. The average Bonchev–Trinajstić information content (AvgIpc) is 2.63. The highest BCUT2D eigenvalue weighted by molar-refractivity contribution is 5.99. The van der Waals surface area contributed by atoms with Gasteiger partial charge >= 0.3 is 0 Å². The number of hydrogen-bond acceptors (Lipinski definition) is 3. The van der Waals surface area contributed by atoms with Crippen molar-refractivity contribution in [2.75, 3.05) is 10.6 Å². The SMILES string of the molecule is CC1Oc2ccc(NC(=O)Cc3ccc4ccccc4c3)cc2NC1=O. The number of ether oxygens (including phenoxy) is 1. The molecule has 5 nitrogen and oxygen atoms in total. The number of nitrogens with one attached hydrogen (secondary N) is 2. The van der Waals surface area contributed by atoms with Gasteiger partial charge in [-0.2, -0.15) is 0 Å². The van der Waals surface area contributed by atoms with E-state index < -0.39 is 6.10 Å². The lowest BCUT2D eigenvalue weighted by Gasteiger charge is -2.23. The van der Waals surface area contributed by atoms with Crippen molar-refractivity contribution in [2.24, 2.45) is 0 Å². The van der Waals surface area contributed by atoms with E-state index in [0.717, 1.165) is 16.3 Å². The summed E-state index contributed by atoms with van der Waals surface area (Å²) in [4.78, 5) is 24.1. The van der Waals surface area contributed by atoms with Gasteiger partial charge < -0.3 is 15.4 Å². The first kappa shape index (κ1) is 16.1. The van der Waals surface area contributed by atoms with Crippen molar-refractivity contribution in [3.63, 3.8) is 0 Å². The molecule has 4 rings (SSSR count). The van der Waals surface area contributed by atoms with Crippen LogP contribution in [0, 0.1) is 0 Å². The zero-order valence-corrected chi connectivity index (χ0v) is 14.3. The number of rotatable bonds is 3. The fourth-order valence-electron chi connectivity index (χ4n) is 3.03. The maximum absolute atomic E-state index is 12.4. The number of anilines is 2. The number of carbonyl (C=O) groups is 2. The summed E-state index contributed by atoms with van der Waals surface area (Å²) in [6, 6.07) is 19.3. The molecular formula is C21H18N2O3. The number of amides is 2. The molecule has 1 aliphatic heterocycles. The normalized spacial score (nSPS) is 15.7. The number of benzene rings is 3. The van der Waals surface area contributed by atoms with Crippen LogP contribution >= 0.6 is 0 Å². The van der Waals surface area contributed by atoms with Gasteiger partial charge in [-0.3, -0.25) is 9.59 Å². The molecule has 5 heteroatoms. The molecule has 0 saturated heterocycles. The van der Waals surface area contributed by atoms with Gasteiger partial charge in [0, 0.05) is 5.69 Å². The third-order valence-electron chi connectivity index (χ3n) is 4.37. The molecule has 3 aromatic rings. The maximum atomic E-state index is 12.4. The molecule has 0 aromatic heterocycles. The largest absolute Gasteiger partial charge is 0.479 e. The second-order valence-electron chi connectivity index (χ2n) is 6.37. The fourth-order valence-corrected chi connectivity index (χ4v) is 3.03. The highest BCUT2D eigenvalue weighted by Gasteiger charge is 2.23. The average molecular weight is 346 g/mol. The summed E-state index contributed by atoms with van der Waals surface area (Å²) in [7, 11) is 0. The molecule has 26 heavy (non-hydrogen) atoms. The van der Waals surface area contributed by atoms with Crippen LogP contribution in [0.1, 0.15) is 12.5 Å². The second-order valence-corrected chi connectivity index (χ2v) is 6.37. The van der Waals surface area contributed by atoms with E-state index in [-0.39, 0.29) is 18.2 Å². The van der Waals surface area contributed by atoms with Crippen LogP contribution in [0.3, 0.4) is 0 Å². The quantitative estimate of drug-likeness (QED) is 0.759. The lowest BCUT2D eigenvalue weighted by atomic mass is 10.0. The van der Waals surface area contributed by atoms with E-state index in [2.05, 4.69) is 10.6 Å². The van der Waals surface area contributed by atoms with Gasteiger partial charge in [0.1, 0.15) is 5.75 Å². The molecule has 0 radical (unpaired) electrons. The Kier molecular flexibility index (Phi) is 4.05. The highest BCUT2D eigenvalue weighted by atomic mass is 16.5. The predicted molar refractivity (Wildman–Crippen MR) is 101 cm³/mol. The van der Waals surface area contributed by atoms with E-state index in [1.807, 2.05) is 42.5 Å². The number of fused-ring (bicyclic) bond motifs is 2. The van der Waals surface area contributed by atoms with Gasteiger partial charge in [-0.15, -0.1) is 0 Å². The Labute approximate surface area is 151 Å². The van der Waals surface area contributed by atoms with E-state index in [0.29, 0.717) is 17.1 Å². The Morgan fingerprint density at radius 1 is 1.08 bits per heavy atom. The Bertz CT molecular complexity index is 1010. The molecule has 1 aliphatic rings. The minimum Gasteiger partial charge on any atom is -0.479 e. The van der Waals surface area contributed by atoms with E-state index in [9.17, 15) is 9.59 Å². The van der Waals surface area contributed by atoms with Gasteiger partial charge in [0.15, 0.2) is 6.10 Å². The first-order valence-corrected chi connectivity index (χ1v) is 8.47. The second kappa shape index (κ2) is 6.52. The third kappa shape index (κ3) is 3.24. The zero-order valence-electron chi connectivity index (χ0n) is 14.3. The first-order chi connectivity index (χ1) is 12.6. The molecule has 0 aliphatic carbocycles. The van der Waals surface area contributed by atoms with Crippen molar-refractivity contribution in [2.45, 2.75) is 19.4 Å². The standard InChI is InChI=1S/C21H18N2O3/c1-13-21(25)23-18-12-17(8-9-19(18)26-13)22-20(24)11-14-6-7-15-4-2-3-5-16(15)10-14/h2-10,12-13H,11H2,1H3,(H,22,24)(H,23,25). The van der Waals surface area contributed by atoms with E-state index in [1.54, 1.807) is 25.1 Å². The summed E-state index contributed by atoms with van der Waals surface area (Å²) >= 11 is 0. The highest BCUT2D eigenvalue weighted by Crippen LogP contribution is 2.32. The molecule has 1 heterocycles. The maximum Gasteiger partial charge on any atom is 0.265 e. The van der Waals surface area contributed by atoms with Crippen molar-refractivity contribution in [1.82, 2.24) is 0 Å². The zero-order chi connectivity index (χ0) is 18.1. The van der Waals surface area contributed by atoms with Crippen LogP contribution < -0.4 is 15.4 Å². The Balaban J connectivity index is 1.47. The third-order valence-corrected chi connectivity index (χ3v) is 4.37. The molecule has 0 fully saturated rings. The Hall–Kier alpha value is -3.34. The molecule has 3 aromatic carbocycles. The van der Waals surface area contributed by atoms with Gasteiger partial charge in [0.25, 0.3) is 5.91 Å². The lowest BCUT2D eigenvalue weighted by Crippen LogP contribution is -2.34. The van der Waals surface area contributed by atoms with Crippen LogP contribution in [0.2, 0.25) is 0 Å². The minimum absolute atomic E-state index is 0.114. The molecule has 0 saturated carbocycles. The van der Waals surface area contributed by atoms with Crippen LogP contribution in [0.5, 0.6) is 5.75 Å². The fraction of sp³-hybridized carbons (Fsp3) is 0.143. The topological polar surface area (TPSA) is 67.4 Å². The molecule has 2 N–H and O–H groups in total. The molecule has 0 bridgehead atoms. The van der Waals surface area contributed by atoms with Crippen LogP contribution in [0.15, 0.2) is 60.7 Å². The monoisotopic (exact) mass is 346 g/mol. The van der Waals surface area contributed by atoms with E-state index >= 15 is 0 Å². The smallest absolute Gasteiger partial charge is 0.265 e. The van der Waals surface area contributed by atoms with Gasteiger partial charge in [0.05, 0.1) is 12.1 Å². The van der Waals surface area contributed by atoms with Gasteiger partial charge in [-0.1, -0.05) is 42.5 Å². The summed E-state index contributed by atoms with van der Waals surface area (Å²) in [6.45, 7) is 1.69. The molecule has 0 spiro atoms. The van der Waals surface area contributed by atoms with Crippen LogP contribution in [-0.4, -0.2) is 17.9 Å². The minimum atomic E-state index is -0.518. The van der Waals surface area contributed by atoms with Crippen molar-refractivity contribution >= 4 is 34.0 Å². The molecule has 130 valence electrons. The summed E-state index contributed by atoms with van der Waals surface area (Å²) in [5, 5.41) is 7.91. The Morgan fingerprint density at radius 2 is 1.88 bits per heavy atom. The van der Waals surface area contributed by atoms with Gasteiger partial charge in [-0.25, -0.2) is 0 Å². The Morgan fingerprint density at radius 3 is 2.73 bits per heavy atom. The van der Waals surface area contributed by atoms with Gasteiger partial charge in [0.2, 0.25) is 5.91 Å². The van der Waals surface area contributed by atoms with E-state index in [4.69, 9.17) is 4.74 Å². The molecule has 1 atom stereocenters. The van der Waals surface area contributed by atoms with Crippen molar-refractivity contribution in [1.29, 1.82) is 0 Å². The van der Waals surface area contributed by atoms with Crippen molar-refractivity contribution in [3.8, 4) is 5.75 Å². The number of carbonyl (C=O) groups excluding carboxylic acids is 2. The number of hydrogen-bond donors (Lipinski definition) is 2. The van der Waals surface area contributed by atoms with Crippen LogP contribution in [0.4, 0.5) is 11.4 Å². The van der Waals surface area contributed by atoms with E-state index in [1.165, 1.54) is 0 Å². The summed E-state index contributed by atoms with van der Waals surface area (Å²) in [6.07, 6.45) is -0.238. The van der Waals surface area contributed by atoms with Crippen molar-refractivity contribution in [3.05, 3.63) is 66.2 Å². The van der Waals surface area contributed by atoms with Crippen molar-refractivity contribution < 1.29 is 14.3 Å². The van der Waals surface area contributed by atoms with Crippen LogP contribution in [0.25, 0.3) is 10.8 Å². The summed E-state index contributed by atoms with van der Waals surface area (Å²) in [5.74, 6) is 0.290. The summed E-state index contributed by atoms with van der Waals surface area (Å²) < 4.78 is 5.52. The molecule has 1 unspecified atom stereocenters. The summed E-state index contributed by atoms with van der Waals surface area (Å²) in [5.41, 5.74) is 2.13. The lowest BCUT2D eigenvalue weighted by molar-refractivity contribution is -0.122. The molecule has 2 amide bonds.